The van der Waals surface area contributed by atoms with Crippen LogP contribution in [0.1, 0.15) is 24.2 Å². The molecule has 2 aromatic rings. The van der Waals surface area contributed by atoms with Crippen LogP contribution >= 0.6 is 15.9 Å². The zero-order chi connectivity index (χ0) is 20.0. The summed E-state index contributed by atoms with van der Waals surface area (Å²) in [4.78, 5) is 35.4. The molecule has 0 aliphatic rings. The van der Waals surface area contributed by atoms with Crippen LogP contribution in [0.2, 0.25) is 0 Å². The van der Waals surface area contributed by atoms with Gasteiger partial charge in [-0.3, -0.25) is 9.59 Å². The summed E-state index contributed by atoms with van der Waals surface area (Å²) in [5, 5.41) is 5.28. The number of methoxy groups -OCH3 is 1. The number of benzene rings is 2. The van der Waals surface area contributed by atoms with Crippen LogP contribution in [0.25, 0.3) is 0 Å². The smallest absolute Gasteiger partial charge is 0.338 e. The molecule has 1 unspecified atom stereocenters. The van der Waals surface area contributed by atoms with Crippen LogP contribution in [-0.4, -0.2) is 31.0 Å². The molecule has 2 aromatic carbocycles. The Bertz CT molecular complexity index is 852. The second kappa shape index (κ2) is 9.18. The molecule has 0 radical (unpaired) electrons. The van der Waals surface area contributed by atoms with Crippen molar-refractivity contribution >= 4 is 45.1 Å². The van der Waals surface area contributed by atoms with E-state index in [1.807, 2.05) is 0 Å². The van der Waals surface area contributed by atoms with Gasteiger partial charge in [0.15, 0.2) is 6.10 Å². The Hall–Kier alpha value is -2.87. The lowest BCUT2D eigenvalue weighted by Crippen LogP contribution is -2.30. The highest BCUT2D eigenvalue weighted by Gasteiger charge is 2.19. The molecule has 0 saturated carbocycles. The first-order valence-electron chi connectivity index (χ1n) is 8.03. The van der Waals surface area contributed by atoms with Gasteiger partial charge in [0.25, 0.3) is 5.91 Å². The Labute approximate surface area is 165 Å². The van der Waals surface area contributed by atoms with Crippen LogP contribution in [0.4, 0.5) is 11.4 Å². The highest BCUT2D eigenvalue weighted by molar-refractivity contribution is 9.10. The van der Waals surface area contributed by atoms with Crippen LogP contribution in [0.5, 0.6) is 5.75 Å². The van der Waals surface area contributed by atoms with Gasteiger partial charge in [0, 0.05) is 18.3 Å². The van der Waals surface area contributed by atoms with E-state index in [9.17, 15) is 14.4 Å². The number of carbonyl (C=O) groups is 3. The van der Waals surface area contributed by atoms with Crippen molar-refractivity contribution in [3.05, 3.63) is 52.5 Å². The molecule has 7 nitrogen and oxygen atoms in total. The second-order valence-corrected chi connectivity index (χ2v) is 6.50. The molecule has 2 rings (SSSR count). The van der Waals surface area contributed by atoms with Crippen molar-refractivity contribution in [3.63, 3.8) is 0 Å². The number of amides is 2. The van der Waals surface area contributed by atoms with Crippen molar-refractivity contribution in [2.75, 3.05) is 17.7 Å². The van der Waals surface area contributed by atoms with E-state index in [0.29, 0.717) is 27.2 Å². The third kappa shape index (κ3) is 5.82. The molecule has 0 spiro atoms. The minimum atomic E-state index is -0.992. The van der Waals surface area contributed by atoms with Gasteiger partial charge in [-0.25, -0.2) is 4.79 Å². The van der Waals surface area contributed by atoms with Crippen LogP contribution in [0.15, 0.2) is 46.9 Å². The lowest BCUT2D eigenvalue weighted by atomic mass is 10.2. The summed E-state index contributed by atoms with van der Waals surface area (Å²) in [5.41, 5.74) is 1.43. The number of halogens is 1. The van der Waals surface area contributed by atoms with Gasteiger partial charge in [0.05, 0.1) is 17.1 Å². The molecule has 1 atom stereocenters. The molecule has 0 aromatic heterocycles. The van der Waals surface area contributed by atoms with Gasteiger partial charge in [-0.1, -0.05) is 0 Å². The first kappa shape index (κ1) is 20.4. The lowest BCUT2D eigenvalue weighted by Gasteiger charge is -2.14. The molecule has 2 amide bonds. The van der Waals surface area contributed by atoms with Gasteiger partial charge in [0.2, 0.25) is 5.91 Å². The van der Waals surface area contributed by atoms with Crippen molar-refractivity contribution in [2.45, 2.75) is 20.0 Å². The Morgan fingerprint density at radius 3 is 2.11 bits per heavy atom. The number of anilines is 2. The van der Waals surface area contributed by atoms with Crippen molar-refractivity contribution < 1.29 is 23.9 Å². The van der Waals surface area contributed by atoms with E-state index >= 15 is 0 Å². The number of ether oxygens (including phenoxy) is 2. The first-order chi connectivity index (χ1) is 12.8. The summed E-state index contributed by atoms with van der Waals surface area (Å²) in [5.74, 6) is -0.692. The molecule has 2 N–H and O–H groups in total. The Kier molecular flexibility index (Phi) is 6.95. The zero-order valence-corrected chi connectivity index (χ0v) is 16.6. The average molecular weight is 435 g/mol. The maximum absolute atomic E-state index is 12.2. The SMILES string of the molecule is COc1ccc(C(=O)OC(C)C(=O)Nc2ccc(NC(C)=O)cc2)cc1Br. The number of rotatable bonds is 6. The molecule has 8 heteroatoms. The number of esters is 1. The van der Waals surface area contributed by atoms with E-state index in [4.69, 9.17) is 9.47 Å². The van der Waals surface area contributed by atoms with Crippen molar-refractivity contribution in [1.82, 2.24) is 0 Å². The molecule has 142 valence electrons. The highest BCUT2D eigenvalue weighted by atomic mass is 79.9. The summed E-state index contributed by atoms with van der Waals surface area (Å²) in [6, 6.07) is 11.3. The predicted octanol–water partition coefficient (Wildman–Crippen LogP) is 3.60. The van der Waals surface area contributed by atoms with Crippen molar-refractivity contribution in [2.24, 2.45) is 0 Å². The summed E-state index contributed by atoms with van der Waals surface area (Å²) in [7, 11) is 1.52. The third-order valence-electron chi connectivity index (χ3n) is 3.51. The molecule has 0 fully saturated rings. The average Bonchev–Trinajstić information content (AvgIpc) is 2.62. The highest BCUT2D eigenvalue weighted by Crippen LogP contribution is 2.26. The fourth-order valence-corrected chi connectivity index (χ4v) is 2.70. The van der Waals surface area contributed by atoms with E-state index in [-0.39, 0.29) is 5.91 Å². The van der Waals surface area contributed by atoms with E-state index < -0.39 is 18.0 Å². The molecule has 0 aliphatic heterocycles. The molecule has 0 bridgehead atoms. The maximum Gasteiger partial charge on any atom is 0.338 e. The standard InChI is InChI=1S/C19H19BrN2O5/c1-11(27-19(25)13-4-9-17(26-3)16(20)10-13)18(24)22-15-7-5-14(6-8-15)21-12(2)23/h4-11H,1-3H3,(H,21,23)(H,22,24). The first-order valence-corrected chi connectivity index (χ1v) is 8.82. The molecular formula is C19H19BrN2O5. The van der Waals surface area contributed by atoms with Crippen molar-refractivity contribution in [1.29, 1.82) is 0 Å². The molecule has 27 heavy (non-hydrogen) atoms. The zero-order valence-electron chi connectivity index (χ0n) is 15.0. The van der Waals surface area contributed by atoms with Crippen LogP contribution in [-0.2, 0) is 14.3 Å². The van der Waals surface area contributed by atoms with Gasteiger partial charge in [-0.2, -0.15) is 0 Å². The quantitative estimate of drug-likeness (QED) is 0.677. The van der Waals surface area contributed by atoms with Gasteiger partial charge in [-0.05, 0) is 65.3 Å². The molecule has 0 saturated heterocycles. The van der Waals surface area contributed by atoms with Crippen molar-refractivity contribution in [3.8, 4) is 5.75 Å². The largest absolute Gasteiger partial charge is 0.496 e. The number of hydrogen-bond acceptors (Lipinski definition) is 5. The summed E-state index contributed by atoms with van der Waals surface area (Å²) >= 11 is 3.30. The number of nitrogens with one attached hydrogen (secondary N) is 2. The normalized spacial score (nSPS) is 11.3. The van der Waals surface area contributed by atoms with Gasteiger partial charge in [0.1, 0.15) is 5.75 Å². The summed E-state index contributed by atoms with van der Waals surface area (Å²) < 4.78 is 10.9. The van der Waals surface area contributed by atoms with Gasteiger partial charge in [-0.15, -0.1) is 0 Å². The predicted molar refractivity (Wildman–Crippen MR) is 105 cm³/mol. The lowest BCUT2D eigenvalue weighted by molar-refractivity contribution is -0.123. The minimum Gasteiger partial charge on any atom is -0.496 e. The van der Waals surface area contributed by atoms with E-state index in [2.05, 4.69) is 26.6 Å². The minimum absolute atomic E-state index is 0.183. The van der Waals surface area contributed by atoms with Gasteiger partial charge >= 0.3 is 5.97 Å². The fraction of sp³-hybridized carbons (Fsp3) is 0.211. The van der Waals surface area contributed by atoms with E-state index in [1.54, 1.807) is 42.5 Å². The van der Waals surface area contributed by atoms with Gasteiger partial charge < -0.3 is 20.1 Å². The van der Waals surface area contributed by atoms with E-state index in [1.165, 1.54) is 21.0 Å². The molecule has 0 heterocycles. The summed E-state index contributed by atoms with van der Waals surface area (Å²) in [6.45, 7) is 2.89. The third-order valence-corrected chi connectivity index (χ3v) is 4.13. The van der Waals surface area contributed by atoms with Crippen LogP contribution in [0, 0.1) is 0 Å². The Morgan fingerprint density at radius 2 is 1.59 bits per heavy atom. The van der Waals surface area contributed by atoms with Crippen LogP contribution in [0.3, 0.4) is 0 Å². The second-order valence-electron chi connectivity index (χ2n) is 5.64. The van der Waals surface area contributed by atoms with Crippen LogP contribution < -0.4 is 15.4 Å². The monoisotopic (exact) mass is 434 g/mol. The maximum atomic E-state index is 12.2. The summed E-state index contributed by atoms with van der Waals surface area (Å²) in [6.07, 6.45) is -0.992. The number of carbonyl (C=O) groups excluding carboxylic acids is 3. The molecular weight excluding hydrogens is 416 g/mol. The number of hydrogen-bond donors (Lipinski definition) is 2. The molecule has 0 aliphatic carbocycles. The topological polar surface area (TPSA) is 93.7 Å². The Morgan fingerprint density at radius 1 is 1.00 bits per heavy atom. The van der Waals surface area contributed by atoms with E-state index in [0.717, 1.165) is 0 Å². The Balaban J connectivity index is 1.95. The fourth-order valence-electron chi connectivity index (χ4n) is 2.16.